The Morgan fingerprint density at radius 2 is 1.84 bits per heavy atom. The number of sulfone groups is 1. The fourth-order valence-corrected chi connectivity index (χ4v) is 3.54. The number of carbonyl (C=O) groups is 1. The second-order valence-corrected chi connectivity index (χ2v) is 6.37. The first-order chi connectivity index (χ1) is 9.01. The van der Waals surface area contributed by atoms with E-state index < -0.39 is 15.1 Å². The fourth-order valence-electron chi connectivity index (χ4n) is 1.86. The molecule has 5 heteroatoms. The molecule has 0 fully saturated rings. The highest BCUT2D eigenvalue weighted by Gasteiger charge is 2.32. The van der Waals surface area contributed by atoms with E-state index >= 15 is 0 Å². The van der Waals surface area contributed by atoms with Crippen LogP contribution in [0.25, 0.3) is 0 Å². The summed E-state index contributed by atoms with van der Waals surface area (Å²) in [6.07, 6.45) is 1.52. The van der Waals surface area contributed by atoms with Gasteiger partial charge in [0.05, 0.1) is 11.2 Å². The van der Waals surface area contributed by atoms with E-state index in [0.29, 0.717) is 5.76 Å². The van der Waals surface area contributed by atoms with Gasteiger partial charge in [-0.15, -0.1) is 0 Å². The summed E-state index contributed by atoms with van der Waals surface area (Å²) in [5, 5.41) is -1.11. The van der Waals surface area contributed by atoms with Crippen LogP contribution in [0.15, 0.2) is 58.0 Å². The predicted octanol–water partition coefficient (Wildman–Crippen LogP) is 2.25. The van der Waals surface area contributed by atoms with Gasteiger partial charge < -0.3 is 4.42 Å². The van der Waals surface area contributed by atoms with Gasteiger partial charge in [0.1, 0.15) is 16.8 Å². The third-order valence-electron chi connectivity index (χ3n) is 2.87. The summed E-state index contributed by atoms with van der Waals surface area (Å²) in [4.78, 5) is 11.8. The van der Waals surface area contributed by atoms with Gasteiger partial charge in [0, 0.05) is 6.42 Å². The third kappa shape index (κ3) is 2.93. The molecule has 4 nitrogen and oxygen atoms in total. The van der Waals surface area contributed by atoms with E-state index in [0.717, 1.165) is 0 Å². The second-order valence-electron chi connectivity index (χ2n) is 4.24. The lowest BCUT2D eigenvalue weighted by molar-refractivity contribution is -0.116. The maximum absolute atomic E-state index is 12.4. The van der Waals surface area contributed by atoms with Crippen molar-refractivity contribution in [3.05, 3.63) is 54.5 Å². The van der Waals surface area contributed by atoms with Crippen molar-refractivity contribution in [3.63, 3.8) is 0 Å². The highest BCUT2D eigenvalue weighted by atomic mass is 32.2. The summed E-state index contributed by atoms with van der Waals surface area (Å²) in [6.45, 7) is 1.29. The number of rotatable bonds is 5. The van der Waals surface area contributed by atoms with E-state index in [-0.39, 0.29) is 17.1 Å². The van der Waals surface area contributed by atoms with Crippen LogP contribution in [0.3, 0.4) is 0 Å². The van der Waals surface area contributed by atoms with Crippen LogP contribution >= 0.6 is 0 Å². The summed E-state index contributed by atoms with van der Waals surface area (Å²) < 4.78 is 30.0. The quantitative estimate of drug-likeness (QED) is 0.841. The highest BCUT2D eigenvalue weighted by Crippen LogP contribution is 2.20. The van der Waals surface area contributed by atoms with Crippen LogP contribution in [-0.2, 0) is 21.1 Å². The average molecular weight is 278 g/mol. The average Bonchev–Trinajstić information content (AvgIpc) is 2.89. The lowest BCUT2D eigenvalue weighted by atomic mass is 10.2. The maximum atomic E-state index is 12.4. The Labute approximate surface area is 112 Å². The molecule has 0 N–H and O–H groups in total. The maximum Gasteiger partial charge on any atom is 0.188 e. The van der Waals surface area contributed by atoms with Crippen molar-refractivity contribution in [1.29, 1.82) is 0 Å². The summed E-state index contributed by atoms with van der Waals surface area (Å²) in [6, 6.07) is 11.3. The normalized spacial score (nSPS) is 13.1. The molecule has 0 saturated carbocycles. The molecular formula is C14H14O4S. The number of hydrogen-bond donors (Lipinski definition) is 0. The molecule has 1 aromatic heterocycles. The number of benzene rings is 1. The number of carbonyl (C=O) groups excluding carboxylic acids is 1. The van der Waals surface area contributed by atoms with Gasteiger partial charge in [-0.25, -0.2) is 8.42 Å². The molecule has 0 bridgehead atoms. The number of furan rings is 1. The van der Waals surface area contributed by atoms with Crippen molar-refractivity contribution in [2.24, 2.45) is 0 Å². The summed E-state index contributed by atoms with van der Waals surface area (Å²) in [5.74, 6) is 0.0972. The minimum atomic E-state index is -3.69. The zero-order chi connectivity index (χ0) is 13.9. The Morgan fingerprint density at radius 3 is 2.37 bits per heavy atom. The SMILES string of the molecule is CC(=O)C(Cc1ccco1)S(=O)(=O)c1ccccc1. The first-order valence-corrected chi connectivity index (χ1v) is 7.38. The van der Waals surface area contributed by atoms with Crippen molar-refractivity contribution < 1.29 is 17.6 Å². The Kier molecular flexibility index (Phi) is 3.85. The van der Waals surface area contributed by atoms with Crippen LogP contribution in [0.2, 0.25) is 0 Å². The monoisotopic (exact) mass is 278 g/mol. The van der Waals surface area contributed by atoms with Gasteiger partial charge in [-0.1, -0.05) is 18.2 Å². The second kappa shape index (κ2) is 5.40. The first kappa shape index (κ1) is 13.5. The number of hydrogen-bond acceptors (Lipinski definition) is 4. The molecule has 1 atom stereocenters. The molecule has 0 saturated heterocycles. The molecule has 0 aliphatic carbocycles. The van der Waals surface area contributed by atoms with Crippen molar-refractivity contribution in [2.75, 3.05) is 0 Å². The Balaban J connectivity index is 2.37. The molecule has 0 amide bonds. The molecule has 0 spiro atoms. The number of ketones is 1. The zero-order valence-corrected chi connectivity index (χ0v) is 11.3. The standard InChI is InChI=1S/C14H14O4S/c1-11(15)14(10-12-6-5-9-18-12)19(16,17)13-7-3-2-4-8-13/h2-9,14H,10H2,1H3. The van der Waals surface area contributed by atoms with Gasteiger partial charge in [-0.05, 0) is 31.2 Å². The molecule has 1 heterocycles. The van der Waals surface area contributed by atoms with Gasteiger partial charge in [-0.2, -0.15) is 0 Å². The van der Waals surface area contributed by atoms with Crippen molar-refractivity contribution >= 4 is 15.6 Å². The first-order valence-electron chi connectivity index (χ1n) is 5.83. The van der Waals surface area contributed by atoms with Crippen LogP contribution in [0.5, 0.6) is 0 Å². The molecule has 2 aromatic rings. The van der Waals surface area contributed by atoms with E-state index in [2.05, 4.69) is 0 Å². The Bertz CT molecular complexity index is 642. The van der Waals surface area contributed by atoms with Gasteiger partial charge in [0.2, 0.25) is 0 Å². The lowest BCUT2D eigenvalue weighted by Gasteiger charge is -2.13. The van der Waals surface area contributed by atoms with E-state index in [4.69, 9.17) is 4.42 Å². The minimum absolute atomic E-state index is 0.0551. The minimum Gasteiger partial charge on any atom is -0.469 e. The molecule has 0 radical (unpaired) electrons. The van der Waals surface area contributed by atoms with Crippen molar-refractivity contribution in [2.45, 2.75) is 23.5 Å². The lowest BCUT2D eigenvalue weighted by Crippen LogP contribution is -2.30. The van der Waals surface area contributed by atoms with Crippen LogP contribution in [-0.4, -0.2) is 19.5 Å². The van der Waals surface area contributed by atoms with Gasteiger partial charge in [-0.3, -0.25) is 4.79 Å². The van der Waals surface area contributed by atoms with E-state index in [1.807, 2.05) is 0 Å². The van der Waals surface area contributed by atoms with Crippen LogP contribution < -0.4 is 0 Å². The third-order valence-corrected chi connectivity index (χ3v) is 5.04. The Hall–Kier alpha value is -1.88. The molecule has 1 aromatic carbocycles. The number of Topliss-reactive ketones (excluding diaryl/α,β-unsaturated/α-hetero) is 1. The molecular weight excluding hydrogens is 264 g/mol. The fraction of sp³-hybridized carbons (Fsp3) is 0.214. The van der Waals surface area contributed by atoms with Gasteiger partial charge in [0.25, 0.3) is 0 Å². The predicted molar refractivity (Wildman–Crippen MR) is 70.5 cm³/mol. The van der Waals surface area contributed by atoms with Crippen molar-refractivity contribution in [3.8, 4) is 0 Å². The molecule has 0 aliphatic heterocycles. The Morgan fingerprint density at radius 1 is 1.16 bits per heavy atom. The van der Waals surface area contributed by atoms with E-state index in [1.54, 1.807) is 30.3 Å². The molecule has 0 aliphatic rings. The molecule has 1 unspecified atom stereocenters. The zero-order valence-electron chi connectivity index (χ0n) is 10.4. The van der Waals surface area contributed by atoms with Gasteiger partial charge >= 0.3 is 0 Å². The summed E-state index contributed by atoms with van der Waals surface area (Å²) >= 11 is 0. The van der Waals surface area contributed by atoms with Crippen molar-refractivity contribution in [1.82, 2.24) is 0 Å². The summed E-state index contributed by atoms with van der Waals surface area (Å²) in [7, 11) is -3.69. The highest BCUT2D eigenvalue weighted by molar-refractivity contribution is 7.92. The molecule has 2 rings (SSSR count). The summed E-state index contributed by atoms with van der Waals surface area (Å²) in [5.41, 5.74) is 0. The smallest absolute Gasteiger partial charge is 0.188 e. The van der Waals surface area contributed by atoms with Crippen LogP contribution in [0, 0.1) is 0 Å². The van der Waals surface area contributed by atoms with E-state index in [1.165, 1.54) is 25.3 Å². The van der Waals surface area contributed by atoms with E-state index in [9.17, 15) is 13.2 Å². The molecule has 19 heavy (non-hydrogen) atoms. The largest absolute Gasteiger partial charge is 0.469 e. The topological polar surface area (TPSA) is 64.3 Å². The van der Waals surface area contributed by atoms with Gasteiger partial charge in [0.15, 0.2) is 9.84 Å². The van der Waals surface area contributed by atoms with Crippen LogP contribution in [0.1, 0.15) is 12.7 Å². The van der Waals surface area contributed by atoms with Crippen LogP contribution in [0.4, 0.5) is 0 Å². The molecule has 100 valence electrons.